The Balaban J connectivity index is 1.49. The van der Waals surface area contributed by atoms with Crippen LogP contribution >= 0.6 is 0 Å². The molecule has 4 rings (SSSR count). The largest absolute Gasteiger partial charge is 0.347 e. The zero-order valence-corrected chi connectivity index (χ0v) is 13.3. The first-order valence-electron chi connectivity index (χ1n) is 7.87. The van der Waals surface area contributed by atoms with Gasteiger partial charge in [-0.05, 0) is 30.7 Å². The average Bonchev–Trinajstić information content (AvgIpc) is 3.35. The maximum atomic E-state index is 12.6. The standard InChI is InChI=1S/C17H17N5O2/c1-21-9-2-3-14(21)17(23)22-10-6-13(11-22)15-19-16(24-20-15)12-4-7-18-8-5-12/h2-5,7-9,13H,6,10-11H2,1H3. The molecule has 0 saturated carbocycles. The molecule has 0 radical (unpaired) electrons. The van der Waals surface area contributed by atoms with Crippen LogP contribution in [0.5, 0.6) is 0 Å². The van der Waals surface area contributed by atoms with Gasteiger partial charge < -0.3 is 14.0 Å². The summed E-state index contributed by atoms with van der Waals surface area (Å²) in [5.74, 6) is 1.29. The molecule has 0 bridgehead atoms. The van der Waals surface area contributed by atoms with Gasteiger partial charge in [-0.1, -0.05) is 5.16 Å². The second kappa shape index (κ2) is 5.92. The molecule has 0 aliphatic carbocycles. The lowest BCUT2D eigenvalue weighted by Crippen LogP contribution is -2.29. The predicted molar refractivity (Wildman–Crippen MR) is 86.2 cm³/mol. The van der Waals surface area contributed by atoms with E-state index in [1.165, 1.54) is 0 Å². The quantitative estimate of drug-likeness (QED) is 0.737. The molecule has 1 fully saturated rings. The molecular weight excluding hydrogens is 306 g/mol. The number of aromatic nitrogens is 4. The smallest absolute Gasteiger partial charge is 0.270 e. The lowest BCUT2D eigenvalue weighted by atomic mass is 10.1. The number of amides is 1. The van der Waals surface area contributed by atoms with Crippen molar-refractivity contribution in [2.75, 3.05) is 13.1 Å². The van der Waals surface area contributed by atoms with Gasteiger partial charge in [-0.25, -0.2) is 0 Å². The molecule has 24 heavy (non-hydrogen) atoms. The zero-order chi connectivity index (χ0) is 16.5. The Labute approximate surface area is 138 Å². The Morgan fingerprint density at radius 3 is 2.88 bits per heavy atom. The van der Waals surface area contributed by atoms with Gasteiger partial charge in [0.25, 0.3) is 11.8 Å². The monoisotopic (exact) mass is 323 g/mol. The average molecular weight is 323 g/mol. The summed E-state index contributed by atoms with van der Waals surface area (Å²) in [6, 6.07) is 7.38. The van der Waals surface area contributed by atoms with E-state index >= 15 is 0 Å². The van der Waals surface area contributed by atoms with Crippen molar-refractivity contribution in [3.8, 4) is 11.5 Å². The minimum Gasteiger partial charge on any atom is -0.347 e. The van der Waals surface area contributed by atoms with E-state index in [-0.39, 0.29) is 11.8 Å². The van der Waals surface area contributed by atoms with E-state index in [0.29, 0.717) is 30.5 Å². The molecule has 4 heterocycles. The SMILES string of the molecule is Cn1cccc1C(=O)N1CCC(c2noc(-c3ccncc3)n2)C1. The van der Waals surface area contributed by atoms with Gasteiger partial charge in [-0.3, -0.25) is 9.78 Å². The summed E-state index contributed by atoms with van der Waals surface area (Å²) in [7, 11) is 1.88. The van der Waals surface area contributed by atoms with Crippen LogP contribution in [0, 0.1) is 0 Å². The first kappa shape index (κ1) is 14.6. The van der Waals surface area contributed by atoms with E-state index < -0.39 is 0 Å². The van der Waals surface area contributed by atoms with Crippen LogP contribution in [0.1, 0.15) is 28.7 Å². The maximum Gasteiger partial charge on any atom is 0.270 e. The van der Waals surface area contributed by atoms with Crippen molar-refractivity contribution in [1.29, 1.82) is 0 Å². The van der Waals surface area contributed by atoms with Crippen molar-refractivity contribution in [2.24, 2.45) is 7.05 Å². The van der Waals surface area contributed by atoms with Crippen molar-refractivity contribution in [2.45, 2.75) is 12.3 Å². The molecular formula is C17H17N5O2. The number of nitrogens with zero attached hydrogens (tertiary/aromatic N) is 5. The molecule has 1 amide bonds. The fourth-order valence-electron chi connectivity index (χ4n) is 3.01. The Hall–Kier alpha value is -2.96. The van der Waals surface area contributed by atoms with E-state index in [9.17, 15) is 4.79 Å². The minimum atomic E-state index is 0.0443. The lowest BCUT2D eigenvalue weighted by Gasteiger charge is -2.16. The third kappa shape index (κ3) is 2.58. The van der Waals surface area contributed by atoms with Crippen LogP contribution in [0.3, 0.4) is 0 Å². The second-order valence-electron chi connectivity index (χ2n) is 5.93. The molecule has 0 aromatic carbocycles. The number of rotatable bonds is 3. The summed E-state index contributed by atoms with van der Waals surface area (Å²) in [6.07, 6.45) is 6.09. The van der Waals surface area contributed by atoms with Gasteiger partial charge in [0.1, 0.15) is 5.69 Å². The topological polar surface area (TPSA) is 77.0 Å². The second-order valence-corrected chi connectivity index (χ2v) is 5.93. The van der Waals surface area contributed by atoms with Crippen molar-refractivity contribution in [3.05, 3.63) is 54.4 Å². The van der Waals surface area contributed by atoms with Gasteiger partial charge >= 0.3 is 0 Å². The fraction of sp³-hybridized carbons (Fsp3) is 0.294. The molecule has 0 N–H and O–H groups in total. The maximum absolute atomic E-state index is 12.6. The van der Waals surface area contributed by atoms with Crippen LogP contribution in [0.15, 0.2) is 47.4 Å². The van der Waals surface area contributed by atoms with Gasteiger partial charge in [0.05, 0.1) is 0 Å². The highest BCUT2D eigenvalue weighted by molar-refractivity contribution is 5.93. The number of likely N-dealkylation sites (tertiary alicyclic amines) is 1. The highest BCUT2D eigenvalue weighted by Gasteiger charge is 2.31. The molecule has 7 heteroatoms. The highest BCUT2D eigenvalue weighted by Crippen LogP contribution is 2.28. The Morgan fingerprint density at radius 2 is 2.12 bits per heavy atom. The van der Waals surface area contributed by atoms with Crippen LogP contribution in [0.2, 0.25) is 0 Å². The minimum absolute atomic E-state index is 0.0443. The molecule has 122 valence electrons. The number of aryl methyl sites for hydroxylation is 1. The molecule has 1 saturated heterocycles. The van der Waals surface area contributed by atoms with E-state index in [1.54, 1.807) is 12.4 Å². The number of hydrogen-bond acceptors (Lipinski definition) is 5. The third-order valence-electron chi connectivity index (χ3n) is 4.37. The summed E-state index contributed by atoms with van der Waals surface area (Å²) in [4.78, 5) is 22.9. The summed E-state index contributed by atoms with van der Waals surface area (Å²) < 4.78 is 7.19. The van der Waals surface area contributed by atoms with E-state index in [0.717, 1.165) is 12.0 Å². The number of carbonyl (C=O) groups excluding carboxylic acids is 1. The van der Waals surface area contributed by atoms with Gasteiger partial charge in [-0.15, -0.1) is 0 Å². The van der Waals surface area contributed by atoms with Crippen molar-refractivity contribution < 1.29 is 9.32 Å². The van der Waals surface area contributed by atoms with Gasteiger partial charge in [0, 0.05) is 50.2 Å². The molecule has 3 aromatic rings. The molecule has 1 unspecified atom stereocenters. The first-order chi connectivity index (χ1) is 11.7. The normalized spacial score (nSPS) is 17.4. The van der Waals surface area contributed by atoms with Crippen molar-refractivity contribution in [1.82, 2.24) is 24.6 Å². The number of carbonyl (C=O) groups is 1. The molecule has 1 aliphatic rings. The fourth-order valence-corrected chi connectivity index (χ4v) is 3.01. The van der Waals surface area contributed by atoms with E-state index in [1.807, 2.05) is 47.0 Å². The van der Waals surface area contributed by atoms with E-state index in [4.69, 9.17) is 4.52 Å². The van der Waals surface area contributed by atoms with Crippen LogP contribution in [0.4, 0.5) is 0 Å². The third-order valence-corrected chi connectivity index (χ3v) is 4.37. The van der Waals surface area contributed by atoms with Crippen LogP contribution in [0.25, 0.3) is 11.5 Å². The lowest BCUT2D eigenvalue weighted by molar-refractivity contribution is 0.0781. The van der Waals surface area contributed by atoms with Gasteiger partial charge in [0.15, 0.2) is 5.82 Å². The molecule has 3 aromatic heterocycles. The summed E-state index contributed by atoms with van der Waals surface area (Å²) >= 11 is 0. The van der Waals surface area contributed by atoms with Crippen LogP contribution in [-0.4, -0.2) is 43.6 Å². The predicted octanol–water partition coefficient (Wildman–Crippen LogP) is 2.10. The molecule has 1 atom stereocenters. The van der Waals surface area contributed by atoms with Crippen molar-refractivity contribution >= 4 is 5.91 Å². The number of pyridine rings is 1. The van der Waals surface area contributed by atoms with Crippen molar-refractivity contribution in [3.63, 3.8) is 0 Å². The number of hydrogen-bond donors (Lipinski definition) is 0. The molecule has 1 aliphatic heterocycles. The first-order valence-corrected chi connectivity index (χ1v) is 7.87. The van der Waals surface area contributed by atoms with E-state index in [2.05, 4.69) is 15.1 Å². The van der Waals surface area contributed by atoms with Gasteiger partial charge in [0.2, 0.25) is 0 Å². The molecule has 0 spiro atoms. The Morgan fingerprint density at radius 1 is 1.29 bits per heavy atom. The molecule has 7 nitrogen and oxygen atoms in total. The Bertz CT molecular complexity index is 855. The Kier molecular flexibility index (Phi) is 3.60. The summed E-state index contributed by atoms with van der Waals surface area (Å²) in [6.45, 7) is 1.31. The summed E-state index contributed by atoms with van der Waals surface area (Å²) in [5.41, 5.74) is 1.54. The zero-order valence-electron chi connectivity index (χ0n) is 13.3. The van der Waals surface area contributed by atoms with Crippen LogP contribution in [-0.2, 0) is 7.05 Å². The van der Waals surface area contributed by atoms with Crippen LogP contribution < -0.4 is 0 Å². The van der Waals surface area contributed by atoms with Gasteiger partial charge in [-0.2, -0.15) is 4.98 Å². The summed E-state index contributed by atoms with van der Waals surface area (Å²) in [5, 5.41) is 4.10. The highest BCUT2D eigenvalue weighted by atomic mass is 16.5.